The summed E-state index contributed by atoms with van der Waals surface area (Å²) in [4.78, 5) is 17.5. The summed E-state index contributed by atoms with van der Waals surface area (Å²) in [6.07, 6.45) is 0. The number of nitrogens with zero attached hydrogens (tertiary/aromatic N) is 2. The first-order chi connectivity index (χ1) is 11.7. The van der Waals surface area contributed by atoms with Gasteiger partial charge in [-0.15, -0.1) is 24.0 Å². The Labute approximate surface area is 171 Å². The van der Waals surface area contributed by atoms with Crippen molar-refractivity contribution >= 4 is 35.8 Å². The van der Waals surface area contributed by atoms with Gasteiger partial charge in [0, 0.05) is 20.6 Å². The smallest absolute Gasteiger partial charge is 0.243 e. The minimum atomic E-state index is -0.426. The Morgan fingerprint density at radius 3 is 2.58 bits per heavy atom. The van der Waals surface area contributed by atoms with Gasteiger partial charge < -0.3 is 20.3 Å². The van der Waals surface area contributed by atoms with Gasteiger partial charge in [0.05, 0.1) is 13.2 Å². The van der Waals surface area contributed by atoms with Crippen molar-refractivity contribution in [1.29, 1.82) is 0 Å². The quantitative estimate of drug-likeness (QED) is 0.274. The van der Waals surface area contributed by atoms with Gasteiger partial charge in [-0.3, -0.25) is 4.79 Å². The van der Waals surface area contributed by atoms with Crippen LogP contribution in [0.25, 0.3) is 0 Å². The number of amides is 1. The van der Waals surface area contributed by atoms with E-state index in [9.17, 15) is 9.18 Å². The molecule has 0 fully saturated rings. The molecule has 26 heavy (non-hydrogen) atoms. The van der Waals surface area contributed by atoms with E-state index in [1.54, 1.807) is 26.2 Å². The van der Waals surface area contributed by atoms with E-state index in [0.717, 1.165) is 11.1 Å². The lowest BCUT2D eigenvalue weighted by Gasteiger charge is -2.19. The molecule has 0 heterocycles. The summed E-state index contributed by atoms with van der Waals surface area (Å²) in [7, 11) is 4.78. The fourth-order valence-corrected chi connectivity index (χ4v) is 1.92. The Kier molecular flexibility index (Phi) is 10.9. The minimum Gasteiger partial charge on any atom is -0.494 e. The second-order valence-corrected chi connectivity index (χ2v) is 6.02. The van der Waals surface area contributed by atoms with E-state index in [1.165, 1.54) is 18.1 Å². The summed E-state index contributed by atoms with van der Waals surface area (Å²) in [5.41, 5.74) is 1.67. The van der Waals surface area contributed by atoms with Crippen molar-refractivity contribution in [2.45, 2.75) is 19.9 Å². The van der Waals surface area contributed by atoms with E-state index >= 15 is 0 Å². The van der Waals surface area contributed by atoms with Gasteiger partial charge in [0.1, 0.15) is 6.54 Å². The maximum absolute atomic E-state index is 13.9. The Morgan fingerprint density at radius 1 is 1.42 bits per heavy atom. The Hall–Kier alpha value is -1.84. The molecule has 0 bridgehead atoms. The van der Waals surface area contributed by atoms with Crippen LogP contribution < -0.4 is 15.4 Å². The molecule has 2 N–H and O–H groups in total. The first-order valence-corrected chi connectivity index (χ1v) is 7.97. The number of hydrogen-bond acceptors (Lipinski definition) is 3. The number of guanidine groups is 1. The fraction of sp³-hybridized carbons (Fsp3) is 0.444. The van der Waals surface area contributed by atoms with E-state index in [2.05, 4.69) is 22.2 Å². The maximum atomic E-state index is 13.9. The SMILES string of the molecule is C=C(C)CNC(=NCC(=O)N(C)C)NC(C)c1ccc(OC)c(F)c1.I. The third-order valence-electron chi connectivity index (χ3n) is 3.46. The van der Waals surface area contributed by atoms with E-state index in [4.69, 9.17) is 4.74 Å². The van der Waals surface area contributed by atoms with Crippen LogP contribution in [0.3, 0.4) is 0 Å². The van der Waals surface area contributed by atoms with Crippen LogP contribution in [0.2, 0.25) is 0 Å². The van der Waals surface area contributed by atoms with E-state index in [0.29, 0.717) is 12.5 Å². The topological polar surface area (TPSA) is 66.0 Å². The summed E-state index contributed by atoms with van der Waals surface area (Å²) in [6, 6.07) is 4.56. The lowest BCUT2D eigenvalue weighted by molar-refractivity contribution is -0.127. The van der Waals surface area contributed by atoms with Crippen molar-refractivity contribution in [2.75, 3.05) is 34.3 Å². The number of methoxy groups -OCH3 is 1. The van der Waals surface area contributed by atoms with Crippen molar-refractivity contribution in [2.24, 2.45) is 4.99 Å². The zero-order valence-corrected chi connectivity index (χ0v) is 18.3. The van der Waals surface area contributed by atoms with Crippen molar-refractivity contribution in [1.82, 2.24) is 15.5 Å². The van der Waals surface area contributed by atoms with Crippen LogP contribution >= 0.6 is 24.0 Å². The number of hydrogen-bond donors (Lipinski definition) is 2. The third-order valence-corrected chi connectivity index (χ3v) is 3.46. The zero-order chi connectivity index (χ0) is 19.0. The summed E-state index contributed by atoms with van der Waals surface area (Å²) < 4.78 is 18.8. The maximum Gasteiger partial charge on any atom is 0.243 e. The molecule has 1 atom stereocenters. The average molecular weight is 478 g/mol. The number of rotatable bonds is 7. The van der Waals surface area contributed by atoms with E-state index in [1.807, 2.05) is 13.8 Å². The first kappa shape index (κ1) is 24.2. The summed E-state index contributed by atoms with van der Waals surface area (Å²) in [5.74, 6) is 0.119. The summed E-state index contributed by atoms with van der Waals surface area (Å²) in [5, 5.41) is 6.27. The average Bonchev–Trinajstić information content (AvgIpc) is 2.56. The lowest BCUT2D eigenvalue weighted by Crippen LogP contribution is -2.40. The Balaban J connectivity index is 0.00000625. The van der Waals surface area contributed by atoms with E-state index < -0.39 is 5.82 Å². The molecule has 8 heteroatoms. The fourth-order valence-electron chi connectivity index (χ4n) is 1.92. The second kappa shape index (κ2) is 11.7. The highest BCUT2D eigenvalue weighted by Crippen LogP contribution is 2.21. The highest BCUT2D eigenvalue weighted by atomic mass is 127. The van der Waals surface area contributed by atoms with Gasteiger partial charge >= 0.3 is 0 Å². The van der Waals surface area contributed by atoms with Crippen LogP contribution in [0.15, 0.2) is 35.3 Å². The van der Waals surface area contributed by atoms with Gasteiger partial charge in [-0.1, -0.05) is 18.2 Å². The van der Waals surface area contributed by atoms with Gasteiger partial charge in [-0.2, -0.15) is 0 Å². The summed E-state index contributed by atoms with van der Waals surface area (Å²) in [6.45, 7) is 8.14. The molecule has 0 aliphatic carbocycles. The van der Waals surface area contributed by atoms with Crippen LogP contribution in [0.4, 0.5) is 4.39 Å². The number of aliphatic imine (C=N–C) groups is 1. The van der Waals surface area contributed by atoms with Gasteiger partial charge in [-0.25, -0.2) is 9.38 Å². The molecule has 0 aliphatic rings. The first-order valence-electron chi connectivity index (χ1n) is 7.97. The van der Waals surface area contributed by atoms with Gasteiger partial charge in [-0.05, 0) is 31.5 Å². The predicted octanol–water partition coefficient (Wildman–Crippen LogP) is 2.71. The zero-order valence-electron chi connectivity index (χ0n) is 15.9. The highest BCUT2D eigenvalue weighted by molar-refractivity contribution is 14.0. The van der Waals surface area contributed by atoms with Crippen molar-refractivity contribution in [3.63, 3.8) is 0 Å². The Morgan fingerprint density at radius 2 is 2.08 bits per heavy atom. The molecule has 0 radical (unpaired) electrons. The molecule has 1 aromatic rings. The number of carbonyl (C=O) groups excluding carboxylic acids is 1. The van der Waals surface area contributed by atoms with Gasteiger partial charge in [0.2, 0.25) is 5.91 Å². The molecule has 146 valence electrons. The summed E-state index contributed by atoms with van der Waals surface area (Å²) >= 11 is 0. The van der Waals surface area contributed by atoms with Crippen molar-refractivity contribution in [3.8, 4) is 5.75 Å². The Bertz CT molecular complexity index is 650. The third kappa shape index (κ3) is 8.03. The van der Waals surface area contributed by atoms with Gasteiger partial charge in [0.15, 0.2) is 17.5 Å². The van der Waals surface area contributed by atoms with Crippen LogP contribution in [-0.2, 0) is 4.79 Å². The standard InChI is InChI=1S/C18H27FN4O2.HI/c1-12(2)10-20-18(21-11-17(24)23(4)5)22-13(3)14-7-8-16(25-6)15(19)9-14;/h7-9,13H,1,10-11H2,2-6H3,(H2,20,21,22);1H. The molecule has 0 aliphatic heterocycles. The highest BCUT2D eigenvalue weighted by Gasteiger charge is 2.12. The molecular formula is C18H28FIN4O2. The monoisotopic (exact) mass is 478 g/mol. The molecule has 0 spiro atoms. The molecule has 0 aromatic heterocycles. The molecule has 1 amide bonds. The van der Waals surface area contributed by atoms with Crippen LogP contribution in [0.1, 0.15) is 25.5 Å². The number of ether oxygens (including phenoxy) is 1. The minimum absolute atomic E-state index is 0. The molecule has 1 unspecified atom stereocenters. The van der Waals surface area contributed by atoms with Gasteiger partial charge in [0.25, 0.3) is 0 Å². The molecular weight excluding hydrogens is 450 g/mol. The molecule has 0 saturated heterocycles. The molecule has 1 rings (SSSR count). The number of nitrogens with one attached hydrogen (secondary N) is 2. The number of carbonyl (C=O) groups is 1. The lowest BCUT2D eigenvalue weighted by atomic mass is 10.1. The number of halogens is 2. The van der Waals surface area contributed by atoms with Crippen molar-refractivity contribution in [3.05, 3.63) is 41.7 Å². The van der Waals surface area contributed by atoms with Crippen molar-refractivity contribution < 1.29 is 13.9 Å². The normalized spacial score (nSPS) is 11.8. The van der Waals surface area contributed by atoms with Crippen LogP contribution in [0, 0.1) is 5.82 Å². The van der Waals surface area contributed by atoms with Crippen LogP contribution in [-0.4, -0.2) is 51.1 Å². The predicted molar refractivity (Wildman–Crippen MR) is 114 cm³/mol. The van der Waals surface area contributed by atoms with Crippen LogP contribution in [0.5, 0.6) is 5.75 Å². The largest absolute Gasteiger partial charge is 0.494 e. The van der Waals surface area contributed by atoms with E-state index in [-0.39, 0.29) is 48.2 Å². The molecule has 0 saturated carbocycles. The number of likely N-dealkylation sites (N-methyl/N-ethyl adjacent to an activating group) is 1. The second-order valence-electron chi connectivity index (χ2n) is 6.02. The number of benzene rings is 1. The molecule has 1 aromatic carbocycles. The molecule has 6 nitrogen and oxygen atoms in total.